The lowest BCUT2D eigenvalue weighted by Crippen LogP contribution is -2.69. The van der Waals surface area contributed by atoms with Crippen molar-refractivity contribution in [2.75, 3.05) is 7.11 Å². The average molecular weight is 487 g/mol. The topological polar surface area (TPSA) is 66.8 Å². The Morgan fingerprint density at radius 1 is 0.971 bits per heavy atom. The van der Waals surface area contributed by atoms with Crippen LogP contribution < -0.4 is 0 Å². The molecule has 4 saturated carbocycles. The Morgan fingerprint density at radius 2 is 1.66 bits per heavy atom. The summed E-state index contributed by atoms with van der Waals surface area (Å²) < 4.78 is 6.38. The second-order valence-electron chi connectivity index (χ2n) is 14.8. The van der Waals surface area contributed by atoms with E-state index in [1.54, 1.807) is 5.57 Å². The maximum absolute atomic E-state index is 12.6. The van der Waals surface area contributed by atoms with Crippen molar-refractivity contribution in [2.24, 2.45) is 56.7 Å². The van der Waals surface area contributed by atoms with Gasteiger partial charge >= 0.3 is 5.97 Å². The lowest BCUT2D eigenvalue weighted by atomic mass is 9.33. The first-order valence-corrected chi connectivity index (χ1v) is 14.4. The third-order valence-corrected chi connectivity index (χ3v) is 13.7. The second kappa shape index (κ2) is 7.82. The van der Waals surface area contributed by atoms with Gasteiger partial charge < -0.3 is 14.9 Å². The molecule has 0 aliphatic heterocycles. The molecular formula is C31H50O4. The minimum absolute atomic E-state index is 0.00375. The summed E-state index contributed by atoms with van der Waals surface area (Å²) in [6, 6.07) is 0. The van der Waals surface area contributed by atoms with Crippen LogP contribution in [0, 0.1) is 56.7 Å². The second-order valence-corrected chi connectivity index (χ2v) is 14.8. The van der Waals surface area contributed by atoms with Crippen LogP contribution in [-0.4, -0.2) is 35.5 Å². The summed E-state index contributed by atoms with van der Waals surface area (Å²) in [6.45, 7) is 16.7. The van der Waals surface area contributed by atoms with Crippen LogP contribution >= 0.6 is 0 Å². The van der Waals surface area contributed by atoms with E-state index in [9.17, 15) is 15.0 Å². The first kappa shape index (κ1) is 25.8. The van der Waals surface area contributed by atoms with Gasteiger partial charge in [0.1, 0.15) is 0 Å². The molecule has 5 aliphatic rings. The van der Waals surface area contributed by atoms with Gasteiger partial charge in [0.2, 0.25) is 0 Å². The van der Waals surface area contributed by atoms with E-state index in [1.807, 2.05) is 14.0 Å². The summed E-state index contributed by atoms with van der Waals surface area (Å²) in [4.78, 5) is 12.6. The van der Waals surface area contributed by atoms with E-state index in [1.165, 1.54) is 25.7 Å². The molecule has 5 aliphatic carbocycles. The highest BCUT2D eigenvalue weighted by atomic mass is 16.5. The zero-order valence-corrected chi connectivity index (χ0v) is 23.5. The highest BCUT2D eigenvalue weighted by Gasteiger charge is 2.71. The van der Waals surface area contributed by atoms with E-state index >= 15 is 0 Å². The molecule has 0 aromatic heterocycles. The van der Waals surface area contributed by atoms with Crippen molar-refractivity contribution < 1.29 is 19.7 Å². The fraction of sp³-hybridized carbons (Fsp3) is 0.903. The summed E-state index contributed by atoms with van der Waals surface area (Å²) in [5.74, 6) is 1.38. The molecule has 12 atom stereocenters. The van der Waals surface area contributed by atoms with Crippen molar-refractivity contribution in [1.29, 1.82) is 0 Å². The predicted molar refractivity (Wildman–Crippen MR) is 139 cm³/mol. The van der Waals surface area contributed by atoms with Gasteiger partial charge in [-0.05, 0) is 104 Å². The number of rotatable bonds is 2. The summed E-state index contributed by atoms with van der Waals surface area (Å²) in [5.41, 5.74) is 0.900. The number of fused-ring (bicyclic) bond motifs is 7. The molecule has 4 fully saturated rings. The number of methoxy groups -OCH3 is 1. The Bertz CT molecular complexity index is 927. The van der Waals surface area contributed by atoms with Gasteiger partial charge in [0, 0.05) is 13.0 Å². The van der Waals surface area contributed by atoms with E-state index in [0.717, 1.165) is 25.2 Å². The number of carboxylic acid groups (broad SMARTS) is 1. The van der Waals surface area contributed by atoms with Crippen LogP contribution in [0.3, 0.4) is 0 Å². The summed E-state index contributed by atoms with van der Waals surface area (Å²) >= 11 is 0. The van der Waals surface area contributed by atoms with Gasteiger partial charge in [0.25, 0.3) is 0 Å². The Balaban J connectivity index is 1.67. The lowest BCUT2D eigenvalue weighted by Gasteiger charge is -2.72. The van der Waals surface area contributed by atoms with E-state index in [0.29, 0.717) is 23.7 Å². The minimum Gasteiger partial charge on any atom is -0.481 e. The van der Waals surface area contributed by atoms with Gasteiger partial charge in [-0.25, -0.2) is 0 Å². The number of aliphatic carboxylic acids is 1. The third-order valence-electron chi connectivity index (χ3n) is 13.7. The number of aliphatic hydroxyl groups excluding tert-OH is 1. The van der Waals surface area contributed by atoms with Gasteiger partial charge in [0.15, 0.2) is 0 Å². The zero-order chi connectivity index (χ0) is 25.8. The highest BCUT2D eigenvalue weighted by Crippen LogP contribution is 2.76. The first-order valence-electron chi connectivity index (χ1n) is 14.4. The fourth-order valence-corrected chi connectivity index (χ4v) is 11.1. The standard InChI is InChI=1S/C31H50O4/c1-18-9-12-27(3)15-16-29(5)20(24(27)19(18)2)17-21(35-8)25-28(4)13-11-23(32)31(7,26(33)34)22(28)10-14-30(25,29)6/h17-19,21-25,32H,9-16H2,1-8H3,(H,33,34)/t18-,19+,21?,22?,23-,24+,25?,27-,28+,29-,30-,31-/m1/s1. The quantitative estimate of drug-likeness (QED) is 0.426. The third kappa shape index (κ3) is 3.02. The number of hydrogen-bond acceptors (Lipinski definition) is 3. The molecule has 0 amide bonds. The average Bonchev–Trinajstić information content (AvgIpc) is 2.79. The Morgan fingerprint density at radius 3 is 2.29 bits per heavy atom. The monoisotopic (exact) mass is 486 g/mol. The van der Waals surface area contributed by atoms with Gasteiger partial charge in [0.05, 0.1) is 17.6 Å². The summed E-state index contributed by atoms with van der Waals surface area (Å²) in [7, 11) is 1.86. The van der Waals surface area contributed by atoms with Crippen LogP contribution in [0.1, 0.15) is 99.8 Å². The van der Waals surface area contributed by atoms with Crippen LogP contribution in [0.25, 0.3) is 0 Å². The van der Waals surface area contributed by atoms with Crippen molar-refractivity contribution in [2.45, 2.75) is 112 Å². The number of carboxylic acids is 1. The number of hydrogen-bond donors (Lipinski definition) is 2. The smallest absolute Gasteiger partial charge is 0.312 e. The molecule has 0 spiro atoms. The number of ether oxygens (including phenoxy) is 1. The maximum Gasteiger partial charge on any atom is 0.312 e. The largest absolute Gasteiger partial charge is 0.481 e. The van der Waals surface area contributed by atoms with Gasteiger partial charge in [-0.2, -0.15) is 0 Å². The van der Waals surface area contributed by atoms with Gasteiger partial charge in [-0.15, -0.1) is 0 Å². The van der Waals surface area contributed by atoms with Crippen LogP contribution in [0.5, 0.6) is 0 Å². The van der Waals surface area contributed by atoms with E-state index in [4.69, 9.17) is 4.74 Å². The van der Waals surface area contributed by atoms with Crippen molar-refractivity contribution in [3.8, 4) is 0 Å². The number of allylic oxidation sites excluding steroid dienone is 1. The molecule has 0 bridgehead atoms. The lowest BCUT2D eigenvalue weighted by molar-refractivity contribution is -0.235. The van der Waals surface area contributed by atoms with Crippen molar-refractivity contribution in [1.82, 2.24) is 0 Å². The molecule has 2 N–H and O–H groups in total. The highest BCUT2D eigenvalue weighted by molar-refractivity contribution is 5.76. The molecule has 0 radical (unpaired) electrons. The summed E-state index contributed by atoms with van der Waals surface area (Å²) in [5, 5.41) is 21.3. The molecule has 3 unspecified atom stereocenters. The van der Waals surface area contributed by atoms with Crippen LogP contribution in [0.2, 0.25) is 0 Å². The Kier molecular flexibility index (Phi) is 5.76. The zero-order valence-electron chi connectivity index (χ0n) is 23.5. The maximum atomic E-state index is 12.6. The summed E-state index contributed by atoms with van der Waals surface area (Å²) in [6.07, 6.45) is 10.2. The van der Waals surface area contributed by atoms with Crippen LogP contribution in [-0.2, 0) is 9.53 Å². The Hall–Kier alpha value is -0.870. The Labute approximate surface area is 213 Å². The molecule has 4 heteroatoms. The van der Waals surface area contributed by atoms with Gasteiger partial charge in [-0.3, -0.25) is 4.79 Å². The first-order chi connectivity index (χ1) is 16.2. The molecule has 0 aromatic carbocycles. The van der Waals surface area contributed by atoms with Crippen LogP contribution in [0.15, 0.2) is 11.6 Å². The predicted octanol–water partition coefficient (Wildman–Crippen LogP) is 6.71. The molecule has 198 valence electrons. The van der Waals surface area contributed by atoms with Crippen molar-refractivity contribution >= 4 is 5.97 Å². The molecular weight excluding hydrogens is 436 g/mol. The van der Waals surface area contributed by atoms with E-state index in [2.05, 4.69) is 47.6 Å². The molecule has 5 rings (SSSR count). The molecule has 0 heterocycles. The molecule has 0 aromatic rings. The molecule has 0 saturated heterocycles. The minimum atomic E-state index is -1.10. The van der Waals surface area contributed by atoms with E-state index < -0.39 is 17.5 Å². The van der Waals surface area contributed by atoms with Gasteiger partial charge in [-0.1, -0.05) is 53.2 Å². The fourth-order valence-electron chi connectivity index (χ4n) is 11.1. The molecule has 35 heavy (non-hydrogen) atoms. The number of carbonyl (C=O) groups is 1. The van der Waals surface area contributed by atoms with Crippen molar-refractivity contribution in [3.63, 3.8) is 0 Å². The number of aliphatic hydroxyl groups is 1. The normalized spacial score (nSPS) is 57.7. The van der Waals surface area contributed by atoms with Crippen molar-refractivity contribution in [3.05, 3.63) is 11.6 Å². The molecule has 4 nitrogen and oxygen atoms in total. The van der Waals surface area contributed by atoms with Crippen LogP contribution in [0.4, 0.5) is 0 Å². The van der Waals surface area contributed by atoms with E-state index in [-0.39, 0.29) is 34.2 Å². The SMILES string of the molecule is COC1C=C2[C@@H]3[C@@H](C)[C@H](C)CC[C@]3(C)CC[C@@]2(C)[C@]2(C)CCC3[C@](C)(CC[C@@H](O)[C@]3(C)C(=O)O)C12.